The fourth-order valence-corrected chi connectivity index (χ4v) is 3.19. The normalized spacial score (nSPS) is 13.3. The number of aromatic nitrogens is 2. The Morgan fingerprint density at radius 3 is 2.76 bits per heavy atom. The van der Waals surface area contributed by atoms with Gasteiger partial charge in [0.15, 0.2) is 11.6 Å². The van der Waals surface area contributed by atoms with Crippen molar-refractivity contribution >= 4 is 15.7 Å². The zero-order valence-electron chi connectivity index (χ0n) is 11.1. The van der Waals surface area contributed by atoms with Crippen LogP contribution in [0.25, 0.3) is 0 Å². The number of anilines is 1. The van der Waals surface area contributed by atoms with Crippen molar-refractivity contribution in [2.75, 3.05) is 5.73 Å². The molecule has 0 aliphatic carbocycles. The van der Waals surface area contributed by atoms with Gasteiger partial charge < -0.3 is 5.73 Å². The van der Waals surface area contributed by atoms with E-state index in [9.17, 15) is 17.2 Å². The first-order valence-corrected chi connectivity index (χ1v) is 7.52. The fourth-order valence-electron chi connectivity index (χ4n) is 1.83. The molecule has 1 atom stereocenters. The Hall–Kier alpha value is -2.00. The maximum Gasteiger partial charge on any atom is 0.243 e. The van der Waals surface area contributed by atoms with Gasteiger partial charge in [-0.2, -0.15) is 5.10 Å². The molecule has 0 spiro atoms. The van der Waals surface area contributed by atoms with E-state index in [2.05, 4.69) is 9.82 Å². The number of nitrogens with two attached hydrogens (primary N) is 1. The molecular formula is C12H14F2N4O2S. The summed E-state index contributed by atoms with van der Waals surface area (Å²) in [6.45, 7) is 1.83. The van der Waals surface area contributed by atoms with Crippen LogP contribution < -0.4 is 10.5 Å². The van der Waals surface area contributed by atoms with Crippen LogP contribution in [0.2, 0.25) is 0 Å². The van der Waals surface area contributed by atoms with E-state index in [4.69, 9.17) is 5.73 Å². The van der Waals surface area contributed by atoms with Crippen molar-refractivity contribution < 1.29 is 17.2 Å². The maximum absolute atomic E-state index is 13.6. The number of benzene rings is 1. The molecule has 1 unspecified atom stereocenters. The summed E-state index contributed by atoms with van der Waals surface area (Å²) in [5.41, 5.74) is 5.18. The summed E-state index contributed by atoms with van der Waals surface area (Å²) in [5, 5.41) is 3.93. The monoisotopic (exact) mass is 316 g/mol. The van der Waals surface area contributed by atoms with Crippen molar-refractivity contribution in [2.45, 2.75) is 24.4 Å². The average Bonchev–Trinajstić information content (AvgIpc) is 2.85. The van der Waals surface area contributed by atoms with E-state index in [0.29, 0.717) is 0 Å². The van der Waals surface area contributed by atoms with Crippen molar-refractivity contribution in [1.29, 1.82) is 0 Å². The van der Waals surface area contributed by atoms with Crippen LogP contribution in [0, 0.1) is 11.6 Å². The van der Waals surface area contributed by atoms with Gasteiger partial charge in [0.2, 0.25) is 10.0 Å². The van der Waals surface area contributed by atoms with Gasteiger partial charge in [0.25, 0.3) is 0 Å². The first-order valence-electron chi connectivity index (χ1n) is 6.04. The van der Waals surface area contributed by atoms with Crippen molar-refractivity contribution in [1.82, 2.24) is 14.5 Å². The van der Waals surface area contributed by atoms with Gasteiger partial charge in [-0.05, 0) is 25.1 Å². The van der Waals surface area contributed by atoms with Crippen LogP contribution in [0.3, 0.4) is 0 Å². The Balaban J connectivity index is 2.22. The lowest BCUT2D eigenvalue weighted by Gasteiger charge is -2.15. The standard InChI is InChI=1S/C12H14F2N4O2S/c1-8(7-18-4-2-3-16-18)17-21(19,20)11-6-9(15)5-10(13)12(11)14/h2-6,8,17H,7,15H2,1H3. The van der Waals surface area contributed by atoms with E-state index in [1.54, 1.807) is 25.4 Å². The minimum atomic E-state index is -4.22. The number of nitrogens with zero attached hydrogens (tertiary/aromatic N) is 2. The molecule has 1 aromatic carbocycles. The second-order valence-corrected chi connectivity index (χ2v) is 6.25. The summed E-state index contributed by atoms with van der Waals surface area (Å²) in [5.74, 6) is -2.77. The molecular weight excluding hydrogens is 302 g/mol. The molecule has 0 fully saturated rings. The summed E-state index contributed by atoms with van der Waals surface area (Å²) >= 11 is 0. The lowest BCUT2D eigenvalue weighted by molar-refractivity contribution is 0.472. The van der Waals surface area contributed by atoms with Gasteiger partial charge >= 0.3 is 0 Å². The van der Waals surface area contributed by atoms with Crippen molar-refractivity contribution in [3.8, 4) is 0 Å². The molecule has 3 N–H and O–H groups in total. The summed E-state index contributed by atoms with van der Waals surface area (Å²) in [6, 6.07) is 2.72. The van der Waals surface area contributed by atoms with E-state index < -0.39 is 32.6 Å². The minimum absolute atomic E-state index is 0.172. The SMILES string of the molecule is CC(Cn1cccn1)NS(=O)(=O)c1cc(N)cc(F)c1F. The highest BCUT2D eigenvalue weighted by molar-refractivity contribution is 7.89. The highest BCUT2D eigenvalue weighted by Crippen LogP contribution is 2.21. The molecule has 0 saturated carbocycles. The van der Waals surface area contributed by atoms with Crippen molar-refractivity contribution in [3.05, 3.63) is 42.2 Å². The number of halogens is 2. The second-order valence-electron chi connectivity index (χ2n) is 4.57. The number of sulfonamides is 1. The fraction of sp³-hybridized carbons (Fsp3) is 0.250. The summed E-state index contributed by atoms with van der Waals surface area (Å²) < 4.78 is 54.8. The predicted molar refractivity (Wildman–Crippen MR) is 72.8 cm³/mol. The van der Waals surface area contributed by atoms with Crippen LogP contribution in [0.4, 0.5) is 14.5 Å². The number of hydrogen-bond donors (Lipinski definition) is 2. The molecule has 1 heterocycles. The lowest BCUT2D eigenvalue weighted by Crippen LogP contribution is -2.36. The second kappa shape index (κ2) is 5.78. The summed E-state index contributed by atoms with van der Waals surface area (Å²) in [4.78, 5) is -0.813. The zero-order valence-corrected chi connectivity index (χ0v) is 11.9. The van der Waals surface area contributed by atoms with Crippen LogP contribution in [0.5, 0.6) is 0 Å². The van der Waals surface area contributed by atoms with E-state index in [1.807, 2.05) is 0 Å². The average molecular weight is 316 g/mol. The van der Waals surface area contributed by atoms with Crippen LogP contribution in [0.15, 0.2) is 35.5 Å². The molecule has 0 radical (unpaired) electrons. The minimum Gasteiger partial charge on any atom is -0.399 e. The van der Waals surface area contributed by atoms with E-state index in [1.165, 1.54) is 4.68 Å². The maximum atomic E-state index is 13.6. The van der Waals surface area contributed by atoms with E-state index >= 15 is 0 Å². The third-order valence-electron chi connectivity index (χ3n) is 2.68. The van der Waals surface area contributed by atoms with Crippen molar-refractivity contribution in [3.63, 3.8) is 0 Å². The summed E-state index contributed by atoms with van der Waals surface area (Å²) in [7, 11) is -4.22. The van der Waals surface area contributed by atoms with Gasteiger partial charge in [0.05, 0.1) is 6.54 Å². The van der Waals surface area contributed by atoms with Gasteiger partial charge in [-0.15, -0.1) is 0 Å². The van der Waals surface area contributed by atoms with Crippen LogP contribution in [-0.2, 0) is 16.6 Å². The topological polar surface area (TPSA) is 90.0 Å². The van der Waals surface area contributed by atoms with Gasteiger partial charge in [-0.3, -0.25) is 4.68 Å². The number of rotatable bonds is 5. The predicted octanol–water partition coefficient (Wildman–Crippen LogP) is 1.11. The smallest absolute Gasteiger partial charge is 0.243 e. The van der Waals surface area contributed by atoms with Crippen LogP contribution in [-0.4, -0.2) is 24.2 Å². The molecule has 21 heavy (non-hydrogen) atoms. The molecule has 114 valence electrons. The molecule has 2 aromatic rings. The summed E-state index contributed by atoms with van der Waals surface area (Å²) in [6.07, 6.45) is 3.21. The highest BCUT2D eigenvalue weighted by atomic mass is 32.2. The Kier molecular flexibility index (Phi) is 4.24. The number of nitrogen functional groups attached to an aromatic ring is 1. The van der Waals surface area contributed by atoms with Gasteiger partial charge in [-0.1, -0.05) is 0 Å². The molecule has 0 aliphatic rings. The molecule has 0 aliphatic heterocycles. The Bertz CT molecular complexity index is 732. The molecule has 9 heteroatoms. The quantitative estimate of drug-likeness (QED) is 0.809. The Morgan fingerprint density at radius 2 is 2.14 bits per heavy atom. The first-order chi connectivity index (χ1) is 9.79. The molecule has 6 nitrogen and oxygen atoms in total. The Labute approximate surface area is 120 Å². The van der Waals surface area contributed by atoms with Gasteiger partial charge in [-0.25, -0.2) is 21.9 Å². The van der Waals surface area contributed by atoms with Crippen molar-refractivity contribution in [2.24, 2.45) is 0 Å². The highest BCUT2D eigenvalue weighted by Gasteiger charge is 2.24. The van der Waals surface area contributed by atoms with E-state index in [0.717, 1.165) is 12.1 Å². The molecule has 1 aromatic heterocycles. The van der Waals surface area contributed by atoms with E-state index in [-0.39, 0.29) is 12.2 Å². The molecule has 0 amide bonds. The molecule has 2 rings (SSSR count). The molecule has 0 bridgehead atoms. The zero-order chi connectivity index (χ0) is 15.6. The third-order valence-corrected chi connectivity index (χ3v) is 4.27. The number of nitrogens with one attached hydrogen (secondary N) is 1. The number of hydrogen-bond acceptors (Lipinski definition) is 4. The Morgan fingerprint density at radius 1 is 1.43 bits per heavy atom. The lowest BCUT2D eigenvalue weighted by atomic mass is 10.3. The molecule has 0 saturated heterocycles. The third kappa shape index (κ3) is 3.56. The van der Waals surface area contributed by atoms with Crippen LogP contribution in [0.1, 0.15) is 6.92 Å². The van der Waals surface area contributed by atoms with Crippen LogP contribution >= 0.6 is 0 Å². The largest absolute Gasteiger partial charge is 0.399 e. The van der Waals surface area contributed by atoms with Gasteiger partial charge in [0, 0.05) is 24.1 Å². The first kappa shape index (κ1) is 15.4. The van der Waals surface area contributed by atoms with Gasteiger partial charge in [0.1, 0.15) is 4.90 Å².